The second-order valence-corrected chi connectivity index (χ2v) is 3.26. The van der Waals surface area contributed by atoms with Gasteiger partial charge in [-0.3, -0.25) is 9.63 Å². The molecule has 0 spiro atoms. The van der Waals surface area contributed by atoms with Crippen LogP contribution in [0.1, 0.15) is 10.4 Å². The molecule has 0 atom stereocenters. The summed E-state index contributed by atoms with van der Waals surface area (Å²) in [5, 5.41) is 8.60. The van der Waals surface area contributed by atoms with Crippen molar-refractivity contribution < 1.29 is 19.5 Å². The molecule has 0 aliphatic heterocycles. The van der Waals surface area contributed by atoms with Crippen LogP contribution >= 0.6 is 11.6 Å². The zero-order chi connectivity index (χ0) is 12.1. The highest BCUT2D eigenvalue weighted by Crippen LogP contribution is 2.19. The van der Waals surface area contributed by atoms with E-state index in [1.165, 1.54) is 18.2 Å². The number of nitrogen functional groups attached to an aromatic ring is 1. The van der Waals surface area contributed by atoms with Crippen LogP contribution in [0.4, 0.5) is 5.69 Å². The van der Waals surface area contributed by atoms with E-state index in [-0.39, 0.29) is 11.3 Å². The van der Waals surface area contributed by atoms with Crippen LogP contribution in [0.2, 0.25) is 5.02 Å². The van der Waals surface area contributed by atoms with E-state index in [9.17, 15) is 9.59 Å². The molecule has 0 aliphatic rings. The predicted octanol–water partition coefficient (Wildman–Crippen LogP) is 0.668. The Kier molecular flexibility index (Phi) is 4.10. The van der Waals surface area contributed by atoms with Crippen LogP contribution in [0.5, 0.6) is 0 Å². The van der Waals surface area contributed by atoms with E-state index in [0.29, 0.717) is 5.02 Å². The molecule has 0 aliphatic carbocycles. The van der Waals surface area contributed by atoms with Gasteiger partial charge in [0.1, 0.15) is 0 Å². The van der Waals surface area contributed by atoms with Crippen molar-refractivity contribution in [1.29, 1.82) is 0 Å². The van der Waals surface area contributed by atoms with Crippen molar-refractivity contribution in [3.05, 3.63) is 28.8 Å². The fourth-order valence-electron chi connectivity index (χ4n) is 0.907. The Morgan fingerprint density at radius 3 is 2.75 bits per heavy atom. The lowest BCUT2D eigenvalue weighted by atomic mass is 10.2. The average Bonchev–Trinajstić information content (AvgIpc) is 2.21. The topological polar surface area (TPSA) is 102 Å². The summed E-state index contributed by atoms with van der Waals surface area (Å²) >= 11 is 5.67. The maximum atomic E-state index is 11.4. The molecule has 1 rings (SSSR count). The largest absolute Gasteiger partial charge is 0.479 e. The minimum atomic E-state index is -1.18. The Hall–Kier alpha value is -1.79. The van der Waals surface area contributed by atoms with Gasteiger partial charge in [0, 0.05) is 5.56 Å². The number of halogens is 1. The van der Waals surface area contributed by atoms with Gasteiger partial charge in [-0.15, -0.1) is 0 Å². The van der Waals surface area contributed by atoms with E-state index in [1.54, 1.807) is 0 Å². The summed E-state index contributed by atoms with van der Waals surface area (Å²) in [6, 6.07) is 4.27. The van der Waals surface area contributed by atoms with Gasteiger partial charge >= 0.3 is 5.97 Å². The lowest BCUT2D eigenvalue weighted by Gasteiger charge is -2.05. The Morgan fingerprint density at radius 1 is 1.50 bits per heavy atom. The molecular weight excluding hydrogens is 236 g/mol. The first-order valence-corrected chi connectivity index (χ1v) is 4.57. The summed E-state index contributed by atoms with van der Waals surface area (Å²) in [6.45, 7) is -0.616. The van der Waals surface area contributed by atoms with Crippen LogP contribution < -0.4 is 11.2 Å². The van der Waals surface area contributed by atoms with Crippen molar-refractivity contribution in [1.82, 2.24) is 5.48 Å². The number of nitrogens with one attached hydrogen (secondary N) is 1. The van der Waals surface area contributed by atoms with Crippen molar-refractivity contribution in [3.63, 3.8) is 0 Å². The molecule has 0 radical (unpaired) electrons. The second-order valence-electron chi connectivity index (χ2n) is 2.85. The highest BCUT2D eigenvalue weighted by molar-refractivity contribution is 6.33. The van der Waals surface area contributed by atoms with Crippen molar-refractivity contribution in [2.75, 3.05) is 12.3 Å². The van der Waals surface area contributed by atoms with Gasteiger partial charge in [0.25, 0.3) is 5.91 Å². The third-order valence-electron chi connectivity index (χ3n) is 1.62. The summed E-state index contributed by atoms with van der Waals surface area (Å²) in [5.74, 6) is -1.78. The number of hydrogen-bond acceptors (Lipinski definition) is 4. The van der Waals surface area contributed by atoms with Crippen molar-refractivity contribution in [3.8, 4) is 0 Å². The molecule has 0 saturated heterocycles. The van der Waals surface area contributed by atoms with Gasteiger partial charge in [-0.25, -0.2) is 10.3 Å². The molecule has 0 unspecified atom stereocenters. The SMILES string of the molecule is Nc1cc(C(=O)NOCC(=O)O)ccc1Cl. The standard InChI is InChI=1S/C9H9ClN2O4/c10-6-2-1-5(3-7(6)11)9(15)12-16-4-8(13)14/h1-3H,4,11H2,(H,12,15)(H,13,14). The maximum absolute atomic E-state index is 11.4. The number of benzene rings is 1. The van der Waals surface area contributed by atoms with Crippen LogP contribution in [0.25, 0.3) is 0 Å². The lowest BCUT2D eigenvalue weighted by Crippen LogP contribution is -2.26. The molecule has 7 heteroatoms. The number of rotatable bonds is 4. The number of carbonyl (C=O) groups excluding carboxylic acids is 1. The normalized spacial score (nSPS) is 9.81. The average molecular weight is 245 g/mol. The van der Waals surface area contributed by atoms with Crippen molar-refractivity contribution >= 4 is 29.2 Å². The van der Waals surface area contributed by atoms with Gasteiger partial charge in [-0.2, -0.15) is 0 Å². The number of aliphatic carboxylic acids is 1. The number of anilines is 1. The summed E-state index contributed by atoms with van der Waals surface area (Å²) in [7, 11) is 0. The molecule has 0 fully saturated rings. The smallest absolute Gasteiger partial charge is 0.332 e. The Morgan fingerprint density at radius 2 is 2.19 bits per heavy atom. The molecule has 1 aromatic carbocycles. The van der Waals surface area contributed by atoms with E-state index in [1.807, 2.05) is 5.48 Å². The molecule has 0 aromatic heterocycles. The van der Waals surface area contributed by atoms with E-state index < -0.39 is 18.5 Å². The first-order valence-electron chi connectivity index (χ1n) is 4.19. The molecule has 0 bridgehead atoms. The first kappa shape index (κ1) is 12.3. The van der Waals surface area contributed by atoms with Crippen molar-refractivity contribution in [2.45, 2.75) is 0 Å². The second kappa shape index (κ2) is 5.34. The quantitative estimate of drug-likeness (QED) is 0.534. The number of hydrogen-bond donors (Lipinski definition) is 3. The summed E-state index contributed by atoms with van der Waals surface area (Å²) in [5.41, 5.74) is 7.93. The summed E-state index contributed by atoms with van der Waals surface area (Å²) in [6.07, 6.45) is 0. The summed E-state index contributed by atoms with van der Waals surface area (Å²) in [4.78, 5) is 25.9. The van der Waals surface area contributed by atoms with Gasteiger partial charge in [-0.05, 0) is 18.2 Å². The fourth-order valence-corrected chi connectivity index (χ4v) is 1.02. The zero-order valence-corrected chi connectivity index (χ0v) is 8.82. The van der Waals surface area contributed by atoms with Crippen LogP contribution in [0.15, 0.2) is 18.2 Å². The number of carboxylic acid groups (broad SMARTS) is 1. The molecule has 4 N–H and O–H groups in total. The number of carbonyl (C=O) groups is 2. The monoisotopic (exact) mass is 244 g/mol. The first-order chi connectivity index (χ1) is 7.50. The minimum Gasteiger partial charge on any atom is -0.479 e. The van der Waals surface area contributed by atoms with Gasteiger partial charge in [-0.1, -0.05) is 11.6 Å². The van der Waals surface area contributed by atoms with E-state index >= 15 is 0 Å². The van der Waals surface area contributed by atoms with Crippen molar-refractivity contribution in [2.24, 2.45) is 0 Å². The van der Waals surface area contributed by atoms with Crippen LogP contribution in [0, 0.1) is 0 Å². The highest BCUT2D eigenvalue weighted by Gasteiger charge is 2.08. The van der Waals surface area contributed by atoms with E-state index in [0.717, 1.165) is 0 Å². The Balaban J connectivity index is 2.59. The van der Waals surface area contributed by atoms with Gasteiger partial charge in [0.05, 0.1) is 10.7 Å². The molecule has 0 saturated carbocycles. The number of carboxylic acids is 1. The van der Waals surface area contributed by atoms with E-state index in [2.05, 4.69) is 4.84 Å². The fraction of sp³-hybridized carbons (Fsp3) is 0.111. The molecule has 1 aromatic rings. The van der Waals surface area contributed by atoms with Crippen LogP contribution in [0.3, 0.4) is 0 Å². The molecule has 6 nitrogen and oxygen atoms in total. The zero-order valence-electron chi connectivity index (χ0n) is 8.07. The molecular formula is C9H9ClN2O4. The van der Waals surface area contributed by atoms with Gasteiger partial charge in [0.15, 0.2) is 6.61 Å². The molecule has 1 amide bonds. The number of nitrogens with two attached hydrogens (primary N) is 1. The van der Waals surface area contributed by atoms with Crippen LogP contribution in [-0.2, 0) is 9.63 Å². The van der Waals surface area contributed by atoms with Gasteiger partial charge in [0.2, 0.25) is 0 Å². The minimum absolute atomic E-state index is 0.229. The van der Waals surface area contributed by atoms with Crippen LogP contribution in [-0.4, -0.2) is 23.6 Å². The Bertz CT molecular complexity index is 422. The third-order valence-corrected chi connectivity index (χ3v) is 1.96. The highest BCUT2D eigenvalue weighted by atomic mass is 35.5. The molecule has 0 heterocycles. The lowest BCUT2D eigenvalue weighted by molar-refractivity contribution is -0.144. The third kappa shape index (κ3) is 3.41. The van der Waals surface area contributed by atoms with E-state index in [4.69, 9.17) is 22.4 Å². The predicted molar refractivity (Wildman–Crippen MR) is 56.9 cm³/mol. The Labute approximate surface area is 95.9 Å². The molecule has 16 heavy (non-hydrogen) atoms. The maximum Gasteiger partial charge on any atom is 0.332 e. The summed E-state index contributed by atoms with van der Waals surface area (Å²) < 4.78 is 0. The van der Waals surface area contributed by atoms with Gasteiger partial charge < -0.3 is 10.8 Å². The molecule has 86 valence electrons. The number of amides is 1. The number of hydroxylamine groups is 1.